The Morgan fingerprint density at radius 3 is 1.62 bits per heavy atom. The highest BCUT2D eigenvalue weighted by atomic mass is 16.8. The zero-order valence-electron chi connectivity index (χ0n) is 8.71. The highest BCUT2D eigenvalue weighted by Gasteiger charge is 2.08. The molecule has 0 aliphatic heterocycles. The smallest absolute Gasteiger partial charge is 0.0715 e. The fourth-order valence-electron chi connectivity index (χ4n) is 1.43. The van der Waals surface area contributed by atoms with Gasteiger partial charge in [0.1, 0.15) is 0 Å². The predicted octanol–water partition coefficient (Wildman–Crippen LogP) is 2.13. The third kappa shape index (κ3) is 2.38. The second-order valence-corrected chi connectivity index (χ2v) is 3.17. The zero-order chi connectivity index (χ0) is 11.2. The Balaban J connectivity index is 2.31. The van der Waals surface area contributed by atoms with E-state index in [-0.39, 0.29) is 0 Å². The van der Waals surface area contributed by atoms with Gasteiger partial charge in [-0.15, -0.1) is 5.59 Å². The summed E-state index contributed by atoms with van der Waals surface area (Å²) in [7, 11) is 0. The number of hydrogen-bond donors (Lipinski definition) is 2. The van der Waals surface area contributed by atoms with Crippen molar-refractivity contribution in [1.29, 1.82) is 0 Å². The van der Waals surface area contributed by atoms with Crippen LogP contribution in [0.4, 0.5) is 11.4 Å². The molecule has 0 saturated heterocycles. The molecule has 0 aromatic heterocycles. The number of anilines is 2. The van der Waals surface area contributed by atoms with E-state index >= 15 is 0 Å². The van der Waals surface area contributed by atoms with Crippen molar-refractivity contribution in [1.82, 2.24) is 5.59 Å². The summed E-state index contributed by atoms with van der Waals surface area (Å²) >= 11 is 0. The molecule has 0 unspecified atom stereocenters. The summed E-state index contributed by atoms with van der Waals surface area (Å²) in [6, 6.07) is 19.4. The lowest BCUT2D eigenvalue weighted by atomic mass is 10.2. The SMILES string of the molecule is NNON(c1ccccc1)c1ccccc1. The van der Waals surface area contributed by atoms with Crippen molar-refractivity contribution in [2.75, 3.05) is 5.06 Å². The molecule has 0 spiro atoms. The van der Waals surface area contributed by atoms with Crippen molar-refractivity contribution < 1.29 is 4.94 Å². The van der Waals surface area contributed by atoms with E-state index in [1.807, 2.05) is 60.7 Å². The van der Waals surface area contributed by atoms with Gasteiger partial charge in [0, 0.05) is 0 Å². The van der Waals surface area contributed by atoms with E-state index in [2.05, 4.69) is 5.59 Å². The molecule has 2 rings (SSSR count). The predicted molar refractivity (Wildman–Crippen MR) is 63.4 cm³/mol. The van der Waals surface area contributed by atoms with Gasteiger partial charge in [0.15, 0.2) is 0 Å². The molecule has 0 aliphatic carbocycles. The fourth-order valence-corrected chi connectivity index (χ4v) is 1.43. The molecule has 82 valence electrons. The van der Waals surface area contributed by atoms with Crippen LogP contribution in [0.5, 0.6) is 0 Å². The summed E-state index contributed by atoms with van der Waals surface area (Å²) < 4.78 is 0. The van der Waals surface area contributed by atoms with Crippen molar-refractivity contribution in [3.63, 3.8) is 0 Å². The summed E-state index contributed by atoms with van der Waals surface area (Å²) in [4.78, 5) is 5.18. The molecule has 0 atom stereocenters. The van der Waals surface area contributed by atoms with Gasteiger partial charge in [-0.1, -0.05) is 36.4 Å². The summed E-state index contributed by atoms with van der Waals surface area (Å²) in [6.45, 7) is 0. The second kappa shape index (κ2) is 5.27. The third-order valence-electron chi connectivity index (χ3n) is 2.13. The quantitative estimate of drug-likeness (QED) is 0.606. The van der Waals surface area contributed by atoms with Gasteiger partial charge in [0.25, 0.3) is 0 Å². The highest BCUT2D eigenvalue weighted by Crippen LogP contribution is 2.23. The molecule has 2 aromatic rings. The normalized spacial score (nSPS) is 10.1. The minimum absolute atomic E-state index is 0.895. The van der Waals surface area contributed by atoms with Crippen LogP contribution in [0.15, 0.2) is 60.7 Å². The van der Waals surface area contributed by atoms with E-state index in [9.17, 15) is 0 Å². The second-order valence-electron chi connectivity index (χ2n) is 3.17. The van der Waals surface area contributed by atoms with Crippen LogP contribution in [0.3, 0.4) is 0 Å². The molecule has 0 radical (unpaired) electrons. The largest absolute Gasteiger partial charge is 0.246 e. The van der Waals surface area contributed by atoms with Crippen LogP contribution in [-0.4, -0.2) is 0 Å². The van der Waals surface area contributed by atoms with Gasteiger partial charge >= 0.3 is 0 Å². The molecule has 3 N–H and O–H groups in total. The minimum atomic E-state index is 0.895. The first-order valence-corrected chi connectivity index (χ1v) is 4.94. The first-order chi connectivity index (χ1) is 7.92. The standard InChI is InChI=1S/C12H13N3O/c13-14-16-15(11-7-3-1-4-8-11)12-9-5-2-6-10-12/h1-10,14H,13H2. The van der Waals surface area contributed by atoms with Crippen LogP contribution in [-0.2, 0) is 4.94 Å². The number of nitrogens with one attached hydrogen (secondary N) is 1. The molecule has 4 heteroatoms. The number of rotatable bonds is 4. The van der Waals surface area contributed by atoms with Crippen molar-refractivity contribution >= 4 is 11.4 Å². The number of nitrogens with two attached hydrogens (primary N) is 1. The van der Waals surface area contributed by atoms with Gasteiger partial charge in [-0.2, -0.15) is 4.94 Å². The van der Waals surface area contributed by atoms with Gasteiger partial charge < -0.3 is 0 Å². The van der Waals surface area contributed by atoms with E-state index < -0.39 is 0 Å². The highest BCUT2D eigenvalue weighted by molar-refractivity contribution is 5.59. The van der Waals surface area contributed by atoms with E-state index in [0.717, 1.165) is 11.4 Å². The lowest BCUT2D eigenvalue weighted by Gasteiger charge is -2.21. The lowest BCUT2D eigenvalue weighted by Crippen LogP contribution is -2.32. The number of benzene rings is 2. The topological polar surface area (TPSA) is 50.5 Å². The van der Waals surface area contributed by atoms with Gasteiger partial charge in [0.05, 0.1) is 11.4 Å². The first-order valence-electron chi connectivity index (χ1n) is 4.94. The Morgan fingerprint density at radius 2 is 1.25 bits per heavy atom. The van der Waals surface area contributed by atoms with E-state index in [4.69, 9.17) is 10.8 Å². The molecule has 0 bridgehead atoms. The Kier molecular flexibility index (Phi) is 3.50. The van der Waals surface area contributed by atoms with Gasteiger partial charge in [-0.3, -0.25) is 0 Å². The van der Waals surface area contributed by atoms with E-state index in [1.54, 1.807) is 5.06 Å². The first kappa shape index (κ1) is 10.6. The molecule has 4 nitrogen and oxygen atoms in total. The number of hydrogen-bond acceptors (Lipinski definition) is 4. The fraction of sp³-hybridized carbons (Fsp3) is 0. The minimum Gasteiger partial charge on any atom is -0.246 e. The molecule has 16 heavy (non-hydrogen) atoms. The van der Waals surface area contributed by atoms with Gasteiger partial charge in [-0.25, -0.2) is 10.9 Å². The van der Waals surface area contributed by atoms with Crippen molar-refractivity contribution in [2.24, 2.45) is 5.84 Å². The van der Waals surface area contributed by atoms with Gasteiger partial charge in [0.2, 0.25) is 0 Å². The Morgan fingerprint density at radius 1 is 0.812 bits per heavy atom. The maximum atomic E-state index is 5.19. The van der Waals surface area contributed by atoms with E-state index in [0.29, 0.717) is 0 Å². The molecular formula is C12H13N3O. The van der Waals surface area contributed by atoms with Crippen LogP contribution < -0.4 is 16.5 Å². The molecule has 0 amide bonds. The van der Waals surface area contributed by atoms with Crippen LogP contribution in [0.1, 0.15) is 0 Å². The van der Waals surface area contributed by atoms with Crippen LogP contribution in [0.25, 0.3) is 0 Å². The summed E-state index contributed by atoms with van der Waals surface area (Å²) in [5.41, 5.74) is 3.98. The van der Waals surface area contributed by atoms with Gasteiger partial charge in [-0.05, 0) is 24.3 Å². The van der Waals surface area contributed by atoms with Crippen LogP contribution >= 0.6 is 0 Å². The monoisotopic (exact) mass is 215 g/mol. The average molecular weight is 215 g/mol. The van der Waals surface area contributed by atoms with Crippen molar-refractivity contribution in [3.8, 4) is 0 Å². The lowest BCUT2D eigenvalue weighted by molar-refractivity contribution is 0.0412. The number of hydrazine groups is 1. The summed E-state index contributed by atoms with van der Waals surface area (Å²) in [5, 5.41) is 1.61. The number of nitrogens with zero attached hydrogens (tertiary/aromatic N) is 1. The molecule has 0 saturated carbocycles. The van der Waals surface area contributed by atoms with Crippen LogP contribution in [0.2, 0.25) is 0 Å². The third-order valence-corrected chi connectivity index (χ3v) is 2.13. The molecule has 0 heterocycles. The zero-order valence-corrected chi connectivity index (χ0v) is 8.71. The maximum Gasteiger partial charge on any atom is 0.0715 e. The van der Waals surface area contributed by atoms with Crippen molar-refractivity contribution in [2.45, 2.75) is 0 Å². The van der Waals surface area contributed by atoms with Crippen molar-refractivity contribution in [3.05, 3.63) is 60.7 Å². The Hall–Kier alpha value is -1.88. The Labute approximate surface area is 94.1 Å². The van der Waals surface area contributed by atoms with E-state index in [1.165, 1.54) is 0 Å². The van der Waals surface area contributed by atoms with Crippen LogP contribution in [0, 0.1) is 0 Å². The summed E-state index contributed by atoms with van der Waals surface area (Å²) in [5.74, 6) is 5.19. The number of para-hydroxylation sites is 2. The molecule has 2 aromatic carbocycles. The maximum absolute atomic E-state index is 5.19. The average Bonchev–Trinajstić information content (AvgIpc) is 2.38. The molecule has 0 aliphatic rings. The molecule has 0 fully saturated rings. The Bertz CT molecular complexity index is 379. The molecular weight excluding hydrogens is 202 g/mol. The summed E-state index contributed by atoms with van der Waals surface area (Å²) in [6.07, 6.45) is 0.